The quantitative estimate of drug-likeness (QED) is 0.733. The number of aryl methyl sites for hydroxylation is 1. The summed E-state index contributed by atoms with van der Waals surface area (Å²) in [4.78, 5) is 46.0. The molecule has 7 heteroatoms. The number of carbonyl (C=O) groups is 3. The fraction of sp³-hybridized carbons (Fsp3) is 0.462. The molecule has 0 saturated carbocycles. The van der Waals surface area contributed by atoms with Gasteiger partial charge in [-0.3, -0.25) is 29.6 Å². The number of hydrogen-bond acceptors (Lipinski definition) is 5. The lowest BCUT2D eigenvalue weighted by Crippen LogP contribution is -2.52. The maximum atomic E-state index is 13.0. The number of pyridine rings is 1. The molecule has 2 saturated heterocycles. The number of nitrogens with zero attached hydrogens (tertiary/aromatic N) is 3. The van der Waals surface area contributed by atoms with Crippen molar-refractivity contribution in [3.8, 4) is 11.3 Å². The van der Waals surface area contributed by atoms with Crippen LogP contribution in [0.5, 0.6) is 0 Å². The van der Waals surface area contributed by atoms with Crippen molar-refractivity contribution in [1.82, 2.24) is 20.1 Å². The van der Waals surface area contributed by atoms with Gasteiger partial charge in [-0.05, 0) is 86.5 Å². The summed E-state index contributed by atoms with van der Waals surface area (Å²) in [5.41, 5.74) is 7.61. The number of hydrogen-bond donors (Lipinski definition) is 1. The van der Waals surface area contributed by atoms with E-state index in [1.807, 2.05) is 12.1 Å². The summed E-state index contributed by atoms with van der Waals surface area (Å²) in [7, 11) is 0. The first-order valence-corrected chi connectivity index (χ1v) is 12.1. The van der Waals surface area contributed by atoms with Crippen LogP contribution in [0.15, 0.2) is 24.3 Å². The zero-order valence-corrected chi connectivity index (χ0v) is 18.7. The number of aromatic nitrogens is 1. The van der Waals surface area contributed by atoms with Gasteiger partial charge in [0.2, 0.25) is 11.8 Å². The molecule has 4 aliphatic rings. The van der Waals surface area contributed by atoms with E-state index in [-0.39, 0.29) is 24.1 Å². The number of piperidine rings is 1. The standard InChI is InChI=1S/C26H28N4O3/c31-24-9-8-23(25(32)28-24)30-15-17-12-16(6-7-20(17)26(30)33)22-13-18(14-29-10-1-2-11-29)19-4-3-5-21(19)27-22/h6-7,12-13,23H,1-5,8-11,14-15H2,(H,28,31,32). The summed E-state index contributed by atoms with van der Waals surface area (Å²) >= 11 is 0. The summed E-state index contributed by atoms with van der Waals surface area (Å²) in [5.74, 6) is -0.780. The highest BCUT2D eigenvalue weighted by molar-refractivity contribution is 6.05. The lowest BCUT2D eigenvalue weighted by Gasteiger charge is -2.29. The SMILES string of the molecule is O=C1CCC(N2Cc3cc(-c4cc(CN5CCCC5)c5c(n4)CCC5)ccc3C2=O)C(=O)N1. The molecule has 2 fully saturated rings. The molecule has 1 aromatic carbocycles. The molecular formula is C26H28N4O3. The molecule has 1 aliphatic carbocycles. The normalized spacial score (nSPS) is 22.6. The Morgan fingerprint density at radius 3 is 2.67 bits per heavy atom. The van der Waals surface area contributed by atoms with E-state index in [9.17, 15) is 14.4 Å². The molecule has 7 nitrogen and oxygen atoms in total. The van der Waals surface area contributed by atoms with Gasteiger partial charge in [-0.15, -0.1) is 0 Å². The summed E-state index contributed by atoms with van der Waals surface area (Å²) in [6, 6.07) is 7.57. The maximum absolute atomic E-state index is 13.0. The number of fused-ring (bicyclic) bond motifs is 2. The molecular weight excluding hydrogens is 416 g/mol. The van der Waals surface area contributed by atoms with Crippen LogP contribution in [0.1, 0.15) is 64.8 Å². The van der Waals surface area contributed by atoms with Crippen LogP contribution in [0.4, 0.5) is 0 Å². The van der Waals surface area contributed by atoms with Crippen molar-refractivity contribution < 1.29 is 14.4 Å². The average Bonchev–Trinajstić information content (AvgIpc) is 3.54. The van der Waals surface area contributed by atoms with E-state index in [1.54, 1.807) is 4.90 Å². The number of nitrogens with one attached hydrogen (secondary N) is 1. The molecule has 3 aliphatic heterocycles. The van der Waals surface area contributed by atoms with Crippen LogP contribution < -0.4 is 5.32 Å². The molecule has 170 valence electrons. The molecule has 33 heavy (non-hydrogen) atoms. The molecule has 0 bridgehead atoms. The highest BCUT2D eigenvalue weighted by atomic mass is 16.2. The Bertz CT molecular complexity index is 1170. The molecule has 1 atom stereocenters. The Kier molecular flexibility index (Phi) is 5.02. The lowest BCUT2D eigenvalue weighted by molar-refractivity contribution is -0.136. The number of amides is 3. The maximum Gasteiger partial charge on any atom is 0.255 e. The van der Waals surface area contributed by atoms with Gasteiger partial charge >= 0.3 is 0 Å². The van der Waals surface area contributed by atoms with Crippen LogP contribution in [0, 0.1) is 0 Å². The Morgan fingerprint density at radius 1 is 1.00 bits per heavy atom. The van der Waals surface area contributed by atoms with E-state index in [1.165, 1.54) is 49.2 Å². The van der Waals surface area contributed by atoms with Gasteiger partial charge in [0.25, 0.3) is 5.91 Å². The van der Waals surface area contributed by atoms with Gasteiger partial charge in [0, 0.05) is 36.3 Å². The van der Waals surface area contributed by atoms with Crippen molar-refractivity contribution >= 4 is 17.7 Å². The number of likely N-dealkylation sites (tertiary alicyclic amines) is 1. The number of benzene rings is 1. The van der Waals surface area contributed by atoms with Crippen molar-refractivity contribution in [3.63, 3.8) is 0 Å². The minimum absolute atomic E-state index is 0.136. The van der Waals surface area contributed by atoms with Crippen molar-refractivity contribution in [2.45, 2.75) is 64.1 Å². The smallest absolute Gasteiger partial charge is 0.255 e. The van der Waals surface area contributed by atoms with Gasteiger partial charge in [-0.2, -0.15) is 0 Å². The summed E-state index contributed by atoms with van der Waals surface area (Å²) < 4.78 is 0. The highest BCUT2D eigenvalue weighted by Gasteiger charge is 2.39. The predicted octanol–water partition coefficient (Wildman–Crippen LogP) is 2.59. The number of rotatable bonds is 4. The van der Waals surface area contributed by atoms with Gasteiger partial charge in [0.15, 0.2) is 0 Å². The second-order valence-corrected chi connectivity index (χ2v) is 9.70. The minimum atomic E-state index is -0.587. The van der Waals surface area contributed by atoms with Gasteiger partial charge in [0.05, 0.1) is 5.69 Å². The van der Waals surface area contributed by atoms with Crippen LogP contribution in [0.25, 0.3) is 11.3 Å². The molecule has 1 aromatic heterocycles. The Labute approximate surface area is 193 Å². The van der Waals surface area contributed by atoms with Crippen LogP contribution in [-0.4, -0.2) is 51.6 Å². The third-order valence-corrected chi connectivity index (χ3v) is 7.55. The van der Waals surface area contributed by atoms with Gasteiger partial charge in [-0.1, -0.05) is 6.07 Å². The molecule has 1 N–H and O–H groups in total. The van der Waals surface area contributed by atoms with Crippen LogP contribution in [0.3, 0.4) is 0 Å². The van der Waals surface area contributed by atoms with Crippen molar-refractivity contribution in [2.24, 2.45) is 0 Å². The summed E-state index contributed by atoms with van der Waals surface area (Å²) in [6.07, 6.45) is 6.52. The summed E-state index contributed by atoms with van der Waals surface area (Å²) in [5, 5.41) is 2.36. The van der Waals surface area contributed by atoms with Crippen molar-refractivity contribution in [3.05, 3.63) is 52.2 Å². The monoisotopic (exact) mass is 444 g/mol. The van der Waals surface area contributed by atoms with Gasteiger partial charge in [-0.25, -0.2) is 0 Å². The Hall–Kier alpha value is -3.06. The minimum Gasteiger partial charge on any atom is -0.322 e. The zero-order chi connectivity index (χ0) is 22.5. The molecule has 6 rings (SSSR count). The Morgan fingerprint density at radius 2 is 1.85 bits per heavy atom. The first kappa shape index (κ1) is 20.5. The van der Waals surface area contributed by atoms with Crippen LogP contribution in [-0.2, 0) is 35.5 Å². The lowest BCUT2D eigenvalue weighted by atomic mass is 10.00. The van der Waals surface area contributed by atoms with E-state index in [2.05, 4.69) is 22.3 Å². The molecule has 0 spiro atoms. The zero-order valence-electron chi connectivity index (χ0n) is 18.7. The van der Waals surface area contributed by atoms with Crippen molar-refractivity contribution in [1.29, 1.82) is 0 Å². The predicted molar refractivity (Wildman–Crippen MR) is 122 cm³/mol. The molecule has 1 unspecified atom stereocenters. The second-order valence-electron chi connectivity index (χ2n) is 9.70. The molecule has 3 amide bonds. The Balaban J connectivity index is 1.30. The van der Waals surface area contributed by atoms with E-state index < -0.39 is 6.04 Å². The molecule has 2 aromatic rings. The second kappa shape index (κ2) is 8.06. The fourth-order valence-electron chi connectivity index (χ4n) is 5.83. The van der Waals surface area contributed by atoms with Gasteiger partial charge < -0.3 is 4.90 Å². The third-order valence-electron chi connectivity index (χ3n) is 7.55. The van der Waals surface area contributed by atoms with Crippen LogP contribution in [0.2, 0.25) is 0 Å². The average molecular weight is 445 g/mol. The third kappa shape index (κ3) is 3.64. The first-order chi connectivity index (χ1) is 16.1. The summed E-state index contributed by atoms with van der Waals surface area (Å²) in [6.45, 7) is 3.72. The first-order valence-electron chi connectivity index (χ1n) is 12.1. The number of imide groups is 1. The van der Waals surface area contributed by atoms with Crippen LogP contribution >= 0.6 is 0 Å². The van der Waals surface area contributed by atoms with Gasteiger partial charge in [0.1, 0.15) is 6.04 Å². The van der Waals surface area contributed by atoms with E-state index in [0.29, 0.717) is 18.5 Å². The van der Waals surface area contributed by atoms with E-state index in [0.717, 1.165) is 36.2 Å². The molecule has 0 radical (unpaired) electrons. The van der Waals surface area contributed by atoms with E-state index in [4.69, 9.17) is 4.98 Å². The molecule has 4 heterocycles. The topological polar surface area (TPSA) is 82.6 Å². The fourth-order valence-corrected chi connectivity index (χ4v) is 5.83. The largest absolute Gasteiger partial charge is 0.322 e. The van der Waals surface area contributed by atoms with Crippen molar-refractivity contribution in [2.75, 3.05) is 13.1 Å². The highest BCUT2D eigenvalue weighted by Crippen LogP contribution is 2.34. The van der Waals surface area contributed by atoms with E-state index >= 15 is 0 Å². The number of carbonyl (C=O) groups excluding carboxylic acids is 3.